The smallest absolute Gasteiger partial charge is 0.276 e. The van der Waals surface area contributed by atoms with Crippen LogP contribution >= 0.6 is 34.0 Å². The van der Waals surface area contributed by atoms with Gasteiger partial charge in [-0.15, -0.1) is 34.0 Å². The fraction of sp³-hybridized carbons (Fsp3) is 0.389. The number of hydrogen-bond donors (Lipinski definition) is 1. The molecule has 1 aliphatic rings. The van der Waals surface area contributed by atoms with Crippen molar-refractivity contribution in [2.45, 2.75) is 26.3 Å². The molecule has 0 radical (unpaired) electrons. The van der Waals surface area contributed by atoms with Gasteiger partial charge in [-0.2, -0.15) is 0 Å². The molecule has 3 aromatic heterocycles. The van der Waals surface area contributed by atoms with E-state index in [4.69, 9.17) is 0 Å². The molecule has 136 valence electrons. The van der Waals surface area contributed by atoms with E-state index >= 15 is 0 Å². The number of anilines is 1. The van der Waals surface area contributed by atoms with Crippen molar-refractivity contribution >= 4 is 45.0 Å². The summed E-state index contributed by atoms with van der Waals surface area (Å²) in [5.74, 6) is 0.556. The summed E-state index contributed by atoms with van der Waals surface area (Å²) in [5.41, 5.74) is 1.47. The van der Waals surface area contributed by atoms with Crippen molar-refractivity contribution in [3.63, 3.8) is 0 Å². The Morgan fingerprint density at radius 1 is 1.31 bits per heavy atom. The second-order valence-corrected chi connectivity index (χ2v) is 9.26. The van der Waals surface area contributed by atoms with Gasteiger partial charge in [-0.3, -0.25) is 15.0 Å². The second-order valence-electron chi connectivity index (χ2n) is 6.60. The topological polar surface area (TPSA) is 58.1 Å². The van der Waals surface area contributed by atoms with Crippen LogP contribution in [0.25, 0.3) is 9.88 Å². The van der Waals surface area contributed by atoms with Crippen molar-refractivity contribution in [1.82, 2.24) is 14.9 Å². The average Bonchev–Trinajstić information content (AvgIpc) is 3.36. The summed E-state index contributed by atoms with van der Waals surface area (Å²) in [6.07, 6.45) is 2.57. The first kappa shape index (κ1) is 17.8. The minimum absolute atomic E-state index is 0.198. The maximum absolute atomic E-state index is 12.4. The van der Waals surface area contributed by atoms with Gasteiger partial charge in [-0.1, -0.05) is 13.0 Å². The molecule has 1 atom stereocenters. The molecule has 5 nitrogen and oxygen atoms in total. The molecule has 1 aliphatic heterocycles. The van der Waals surface area contributed by atoms with E-state index in [1.54, 1.807) is 16.7 Å². The highest BCUT2D eigenvalue weighted by Gasteiger charge is 2.18. The Hall–Kier alpha value is -1.61. The number of amides is 1. The number of thiophene rings is 1. The number of piperidine rings is 1. The molecule has 1 fully saturated rings. The minimum Gasteiger partial charge on any atom is -0.297 e. The van der Waals surface area contributed by atoms with Crippen molar-refractivity contribution in [1.29, 1.82) is 0 Å². The zero-order valence-corrected chi connectivity index (χ0v) is 16.9. The van der Waals surface area contributed by atoms with Crippen LogP contribution in [-0.2, 0) is 6.54 Å². The van der Waals surface area contributed by atoms with Gasteiger partial charge in [-0.25, -0.2) is 9.97 Å². The Morgan fingerprint density at radius 3 is 3.04 bits per heavy atom. The van der Waals surface area contributed by atoms with E-state index in [0.717, 1.165) is 41.1 Å². The normalized spacial score (nSPS) is 18.1. The maximum Gasteiger partial charge on any atom is 0.276 e. The highest BCUT2D eigenvalue weighted by Crippen LogP contribution is 2.28. The van der Waals surface area contributed by atoms with Gasteiger partial charge in [0.1, 0.15) is 10.7 Å². The molecule has 1 unspecified atom stereocenters. The van der Waals surface area contributed by atoms with Gasteiger partial charge in [0.15, 0.2) is 5.13 Å². The Labute approximate surface area is 164 Å². The van der Waals surface area contributed by atoms with Crippen LogP contribution in [0.15, 0.2) is 28.3 Å². The fourth-order valence-electron chi connectivity index (χ4n) is 3.15. The number of likely N-dealkylation sites (tertiary alicyclic amines) is 1. The van der Waals surface area contributed by atoms with E-state index in [1.165, 1.54) is 35.5 Å². The summed E-state index contributed by atoms with van der Waals surface area (Å²) in [6, 6.07) is 4.00. The summed E-state index contributed by atoms with van der Waals surface area (Å²) in [7, 11) is 0. The quantitative estimate of drug-likeness (QED) is 0.663. The molecule has 0 bridgehead atoms. The molecule has 0 aliphatic carbocycles. The number of rotatable bonds is 5. The lowest BCUT2D eigenvalue weighted by Crippen LogP contribution is -2.33. The van der Waals surface area contributed by atoms with Crippen LogP contribution in [0, 0.1) is 5.92 Å². The van der Waals surface area contributed by atoms with Gasteiger partial charge in [-0.05, 0) is 36.8 Å². The number of carbonyl (C=O) groups excluding carboxylic acids is 1. The number of thiazole rings is 2. The van der Waals surface area contributed by atoms with E-state index in [9.17, 15) is 4.79 Å². The maximum atomic E-state index is 12.4. The SMILES string of the molecule is CC1CCCN(Cc2csc(NC(=O)c3csc(-c4cccs4)n3)n2)C1. The van der Waals surface area contributed by atoms with E-state index in [2.05, 4.69) is 27.1 Å². The fourth-order valence-corrected chi connectivity index (χ4v) is 5.46. The van der Waals surface area contributed by atoms with Crippen molar-refractivity contribution < 1.29 is 4.79 Å². The molecule has 8 heteroatoms. The predicted molar refractivity (Wildman–Crippen MR) is 109 cm³/mol. The molecule has 1 amide bonds. The van der Waals surface area contributed by atoms with Crippen LogP contribution in [0.1, 0.15) is 35.9 Å². The van der Waals surface area contributed by atoms with Gasteiger partial charge in [0.2, 0.25) is 0 Å². The molecular formula is C18H20N4OS3. The predicted octanol–water partition coefficient (Wildman–Crippen LogP) is 4.81. The standard InChI is InChI=1S/C18H20N4OS3/c1-12-4-2-6-22(8-12)9-13-10-26-18(19-13)21-16(23)14-11-25-17(20-14)15-5-3-7-24-15/h3,5,7,10-12H,2,4,6,8-9H2,1H3,(H,19,21,23). The third-order valence-electron chi connectivity index (χ3n) is 4.37. The van der Waals surface area contributed by atoms with Crippen molar-refractivity contribution in [3.8, 4) is 9.88 Å². The summed E-state index contributed by atoms with van der Waals surface area (Å²) in [6.45, 7) is 5.42. The lowest BCUT2D eigenvalue weighted by Gasteiger charge is -2.30. The Morgan fingerprint density at radius 2 is 2.23 bits per heavy atom. The van der Waals surface area contributed by atoms with E-state index < -0.39 is 0 Å². The highest BCUT2D eigenvalue weighted by atomic mass is 32.1. The van der Waals surface area contributed by atoms with Gasteiger partial charge in [0.05, 0.1) is 10.6 Å². The van der Waals surface area contributed by atoms with E-state index in [0.29, 0.717) is 10.8 Å². The summed E-state index contributed by atoms with van der Waals surface area (Å²) in [5, 5.41) is 10.2. The lowest BCUT2D eigenvalue weighted by molar-refractivity contribution is 0.102. The van der Waals surface area contributed by atoms with Crippen LogP contribution in [0.2, 0.25) is 0 Å². The number of aromatic nitrogens is 2. The first-order chi connectivity index (χ1) is 12.7. The molecular weight excluding hydrogens is 384 g/mol. The summed E-state index contributed by atoms with van der Waals surface area (Å²) < 4.78 is 0. The second kappa shape index (κ2) is 7.96. The molecule has 0 saturated carbocycles. The van der Waals surface area contributed by atoms with Gasteiger partial charge in [0, 0.05) is 23.8 Å². The third kappa shape index (κ3) is 4.20. The monoisotopic (exact) mass is 404 g/mol. The van der Waals surface area contributed by atoms with Crippen LogP contribution in [-0.4, -0.2) is 33.9 Å². The Bertz CT molecular complexity index is 871. The third-order valence-corrected chi connectivity index (χ3v) is 7.06. The summed E-state index contributed by atoms with van der Waals surface area (Å²) in [4.78, 5) is 25.0. The number of hydrogen-bond acceptors (Lipinski definition) is 7. The molecule has 4 heterocycles. The lowest BCUT2D eigenvalue weighted by atomic mass is 10.0. The number of nitrogens with zero attached hydrogens (tertiary/aromatic N) is 3. The number of nitrogens with one attached hydrogen (secondary N) is 1. The van der Waals surface area contributed by atoms with Crippen molar-refractivity contribution in [3.05, 3.63) is 39.7 Å². The average molecular weight is 405 g/mol. The Balaban J connectivity index is 1.37. The number of carbonyl (C=O) groups is 1. The van der Waals surface area contributed by atoms with Gasteiger partial charge < -0.3 is 0 Å². The van der Waals surface area contributed by atoms with Crippen molar-refractivity contribution in [2.24, 2.45) is 5.92 Å². The van der Waals surface area contributed by atoms with Gasteiger partial charge in [0.25, 0.3) is 5.91 Å². The van der Waals surface area contributed by atoms with Crippen LogP contribution < -0.4 is 5.32 Å². The zero-order valence-electron chi connectivity index (χ0n) is 14.5. The first-order valence-corrected chi connectivity index (χ1v) is 11.3. The molecule has 0 spiro atoms. The molecule has 3 aromatic rings. The minimum atomic E-state index is -0.198. The van der Waals surface area contributed by atoms with Crippen LogP contribution in [0.4, 0.5) is 5.13 Å². The Kier molecular flexibility index (Phi) is 5.44. The van der Waals surface area contributed by atoms with Gasteiger partial charge >= 0.3 is 0 Å². The largest absolute Gasteiger partial charge is 0.297 e. The first-order valence-electron chi connectivity index (χ1n) is 8.65. The van der Waals surface area contributed by atoms with Crippen LogP contribution in [0.5, 0.6) is 0 Å². The van der Waals surface area contributed by atoms with Crippen molar-refractivity contribution in [2.75, 3.05) is 18.4 Å². The molecule has 4 rings (SSSR count). The summed E-state index contributed by atoms with van der Waals surface area (Å²) >= 11 is 4.59. The molecule has 1 saturated heterocycles. The molecule has 26 heavy (non-hydrogen) atoms. The van der Waals surface area contributed by atoms with E-state index in [-0.39, 0.29) is 5.91 Å². The zero-order chi connectivity index (χ0) is 17.9. The van der Waals surface area contributed by atoms with E-state index in [1.807, 2.05) is 22.9 Å². The molecule has 0 aromatic carbocycles. The highest BCUT2D eigenvalue weighted by molar-refractivity contribution is 7.20. The van der Waals surface area contributed by atoms with Crippen LogP contribution in [0.3, 0.4) is 0 Å². The molecule has 1 N–H and O–H groups in total.